The summed E-state index contributed by atoms with van der Waals surface area (Å²) in [4.78, 5) is 12.2. The first-order chi connectivity index (χ1) is 12.4. The van der Waals surface area contributed by atoms with E-state index in [0.29, 0.717) is 34.5 Å². The minimum Gasteiger partial charge on any atom is -0.497 e. The lowest BCUT2D eigenvalue weighted by Gasteiger charge is -2.35. The third kappa shape index (κ3) is 5.49. The van der Waals surface area contributed by atoms with Crippen molar-refractivity contribution >= 4 is 23.2 Å². The van der Waals surface area contributed by atoms with E-state index >= 15 is 0 Å². The number of hydrogen-bond donors (Lipinski definition) is 3. The Labute approximate surface area is 161 Å². The second kappa shape index (κ2) is 9.62. The number of hydrazine groups is 1. The molecule has 6 nitrogen and oxygen atoms in total. The van der Waals surface area contributed by atoms with Crippen LogP contribution >= 0.6 is 12.2 Å². The van der Waals surface area contributed by atoms with Gasteiger partial charge < -0.3 is 14.8 Å². The Morgan fingerprint density at radius 2 is 1.96 bits per heavy atom. The molecule has 0 bridgehead atoms. The van der Waals surface area contributed by atoms with E-state index in [1.807, 2.05) is 6.07 Å². The standard InChI is InChI=1S/C19H29N3O3S/c1-12-6-5-7-16(13(12)2)20-19(26)22-21-18(23)10-14-8-9-15(24-3)11-17(14)25-4/h8-9,11-13,16H,5-7,10H2,1-4H3,(H,21,23)(H2,20,22,26)/t12-,13-,16+/m1/s1. The van der Waals surface area contributed by atoms with Crippen LogP contribution < -0.4 is 25.6 Å². The van der Waals surface area contributed by atoms with Crippen LogP contribution in [0.25, 0.3) is 0 Å². The molecular formula is C19H29N3O3S. The van der Waals surface area contributed by atoms with Crippen LogP contribution in [0.1, 0.15) is 38.7 Å². The van der Waals surface area contributed by atoms with E-state index in [9.17, 15) is 4.79 Å². The van der Waals surface area contributed by atoms with Crippen molar-refractivity contribution in [2.75, 3.05) is 14.2 Å². The summed E-state index contributed by atoms with van der Waals surface area (Å²) in [5.41, 5.74) is 6.23. The minimum absolute atomic E-state index is 0.180. The van der Waals surface area contributed by atoms with Gasteiger partial charge in [0.2, 0.25) is 5.91 Å². The van der Waals surface area contributed by atoms with Crippen LogP contribution in [0.3, 0.4) is 0 Å². The average Bonchev–Trinajstić information content (AvgIpc) is 2.64. The zero-order valence-corrected chi connectivity index (χ0v) is 16.7. The molecule has 2 rings (SSSR count). The zero-order chi connectivity index (χ0) is 19.1. The molecule has 0 saturated heterocycles. The molecule has 7 heteroatoms. The number of benzene rings is 1. The lowest BCUT2D eigenvalue weighted by Crippen LogP contribution is -2.52. The lowest BCUT2D eigenvalue weighted by atomic mass is 9.78. The van der Waals surface area contributed by atoms with E-state index in [-0.39, 0.29) is 12.3 Å². The molecule has 0 unspecified atom stereocenters. The first-order valence-electron chi connectivity index (χ1n) is 9.00. The number of amides is 1. The molecule has 0 aliphatic heterocycles. The van der Waals surface area contributed by atoms with Crippen LogP contribution in [0.2, 0.25) is 0 Å². The van der Waals surface area contributed by atoms with Crippen LogP contribution in [-0.4, -0.2) is 31.3 Å². The monoisotopic (exact) mass is 379 g/mol. The number of thiocarbonyl (C=S) groups is 1. The highest BCUT2D eigenvalue weighted by Gasteiger charge is 2.27. The number of ether oxygens (including phenoxy) is 2. The van der Waals surface area contributed by atoms with E-state index in [4.69, 9.17) is 21.7 Å². The predicted octanol–water partition coefficient (Wildman–Crippen LogP) is 2.57. The maximum atomic E-state index is 12.2. The number of methoxy groups -OCH3 is 2. The molecule has 0 heterocycles. The number of carbonyl (C=O) groups excluding carboxylic acids is 1. The van der Waals surface area contributed by atoms with E-state index in [1.165, 1.54) is 12.8 Å². The van der Waals surface area contributed by atoms with Gasteiger partial charge in [0.15, 0.2) is 5.11 Å². The van der Waals surface area contributed by atoms with Crippen molar-refractivity contribution in [2.45, 2.75) is 45.6 Å². The molecule has 1 aromatic rings. The van der Waals surface area contributed by atoms with Crippen molar-refractivity contribution in [3.05, 3.63) is 23.8 Å². The molecule has 0 spiro atoms. The molecule has 26 heavy (non-hydrogen) atoms. The van der Waals surface area contributed by atoms with Gasteiger partial charge in [-0.3, -0.25) is 15.6 Å². The Hall–Kier alpha value is -2.02. The second-order valence-electron chi connectivity index (χ2n) is 6.87. The molecular weight excluding hydrogens is 350 g/mol. The van der Waals surface area contributed by atoms with Gasteiger partial charge >= 0.3 is 0 Å². The smallest absolute Gasteiger partial charge is 0.242 e. The Bertz CT molecular complexity index is 638. The molecule has 1 aliphatic carbocycles. The first kappa shape index (κ1) is 20.3. The Morgan fingerprint density at radius 3 is 2.65 bits per heavy atom. The summed E-state index contributed by atoms with van der Waals surface area (Å²) in [7, 11) is 3.16. The maximum absolute atomic E-state index is 12.2. The third-order valence-electron chi connectivity index (χ3n) is 5.18. The van der Waals surface area contributed by atoms with Gasteiger partial charge in [0.25, 0.3) is 0 Å². The number of nitrogens with one attached hydrogen (secondary N) is 3. The fourth-order valence-electron chi connectivity index (χ4n) is 3.33. The van der Waals surface area contributed by atoms with Crippen LogP contribution in [0.5, 0.6) is 11.5 Å². The molecule has 0 aromatic heterocycles. The van der Waals surface area contributed by atoms with E-state index in [2.05, 4.69) is 30.0 Å². The van der Waals surface area contributed by atoms with E-state index in [1.54, 1.807) is 26.4 Å². The Kier molecular flexibility index (Phi) is 7.50. The van der Waals surface area contributed by atoms with Crippen LogP contribution in [0.15, 0.2) is 18.2 Å². The summed E-state index contributed by atoms with van der Waals surface area (Å²) in [6.45, 7) is 4.53. The molecule has 1 amide bonds. The highest BCUT2D eigenvalue weighted by atomic mass is 32.1. The van der Waals surface area contributed by atoms with Gasteiger partial charge in [-0.15, -0.1) is 0 Å². The van der Waals surface area contributed by atoms with Gasteiger partial charge in [-0.05, 0) is 36.5 Å². The van der Waals surface area contributed by atoms with Gasteiger partial charge in [-0.1, -0.05) is 32.8 Å². The molecule has 3 atom stereocenters. The van der Waals surface area contributed by atoms with Crippen molar-refractivity contribution in [3.63, 3.8) is 0 Å². The Balaban J connectivity index is 1.82. The SMILES string of the molecule is COc1ccc(CC(=O)NNC(=S)N[C@H]2CCC[C@@H](C)[C@H]2C)c(OC)c1. The minimum atomic E-state index is -0.192. The Morgan fingerprint density at radius 1 is 1.19 bits per heavy atom. The summed E-state index contributed by atoms with van der Waals surface area (Å²) in [5.74, 6) is 2.35. The molecule has 1 fully saturated rings. The number of hydrogen-bond acceptors (Lipinski definition) is 4. The molecule has 1 saturated carbocycles. The van der Waals surface area contributed by atoms with Gasteiger partial charge in [-0.25, -0.2) is 0 Å². The number of rotatable bonds is 5. The van der Waals surface area contributed by atoms with Gasteiger partial charge in [0.05, 0.1) is 20.6 Å². The summed E-state index contributed by atoms with van der Waals surface area (Å²) < 4.78 is 10.5. The first-order valence-corrected chi connectivity index (χ1v) is 9.41. The van der Waals surface area contributed by atoms with E-state index in [0.717, 1.165) is 12.0 Å². The summed E-state index contributed by atoms with van der Waals surface area (Å²) in [5, 5.41) is 3.77. The van der Waals surface area contributed by atoms with Gasteiger partial charge in [0, 0.05) is 17.7 Å². The maximum Gasteiger partial charge on any atom is 0.242 e. The zero-order valence-electron chi connectivity index (χ0n) is 15.9. The summed E-state index contributed by atoms with van der Waals surface area (Å²) in [6, 6.07) is 5.72. The highest BCUT2D eigenvalue weighted by Crippen LogP contribution is 2.29. The normalized spacial score (nSPS) is 22.2. The second-order valence-corrected chi connectivity index (χ2v) is 7.28. The molecule has 144 valence electrons. The molecule has 0 radical (unpaired) electrons. The summed E-state index contributed by atoms with van der Waals surface area (Å²) >= 11 is 5.31. The van der Waals surface area contributed by atoms with Crippen molar-refractivity contribution < 1.29 is 14.3 Å². The largest absolute Gasteiger partial charge is 0.497 e. The number of carbonyl (C=O) groups is 1. The topological polar surface area (TPSA) is 71.6 Å². The van der Waals surface area contributed by atoms with Crippen molar-refractivity contribution in [1.82, 2.24) is 16.2 Å². The van der Waals surface area contributed by atoms with Crippen molar-refractivity contribution in [1.29, 1.82) is 0 Å². The predicted molar refractivity (Wildman–Crippen MR) is 106 cm³/mol. The average molecular weight is 380 g/mol. The molecule has 3 N–H and O–H groups in total. The fourth-order valence-corrected chi connectivity index (χ4v) is 3.53. The molecule has 1 aliphatic rings. The van der Waals surface area contributed by atoms with Crippen LogP contribution in [0.4, 0.5) is 0 Å². The quantitative estimate of drug-likeness (QED) is 0.540. The molecule has 1 aromatic carbocycles. The van der Waals surface area contributed by atoms with Crippen molar-refractivity contribution in [3.8, 4) is 11.5 Å². The summed E-state index contributed by atoms with van der Waals surface area (Å²) in [6.07, 6.45) is 3.75. The van der Waals surface area contributed by atoms with Crippen LogP contribution in [-0.2, 0) is 11.2 Å². The van der Waals surface area contributed by atoms with Crippen molar-refractivity contribution in [2.24, 2.45) is 11.8 Å². The highest BCUT2D eigenvalue weighted by molar-refractivity contribution is 7.80. The van der Waals surface area contributed by atoms with E-state index < -0.39 is 0 Å². The van der Waals surface area contributed by atoms with Gasteiger partial charge in [-0.2, -0.15) is 0 Å². The third-order valence-corrected chi connectivity index (χ3v) is 5.40. The fraction of sp³-hybridized carbons (Fsp3) is 0.579. The lowest BCUT2D eigenvalue weighted by molar-refractivity contribution is -0.121. The van der Waals surface area contributed by atoms with Crippen LogP contribution in [0, 0.1) is 11.8 Å². The van der Waals surface area contributed by atoms with Gasteiger partial charge in [0.1, 0.15) is 11.5 Å².